The fraction of sp³-hybridized carbons (Fsp3) is 0.100. The molecule has 0 radical (unpaired) electrons. The van der Waals surface area contributed by atoms with Crippen LogP contribution in [-0.4, -0.2) is 9.13 Å². The van der Waals surface area contributed by atoms with Crippen LogP contribution in [-0.2, 0) is 13.1 Å². The van der Waals surface area contributed by atoms with Crippen molar-refractivity contribution in [1.29, 1.82) is 0 Å². The van der Waals surface area contributed by atoms with Gasteiger partial charge in [-0.1, -0.05) is 97.1 Å². The summed E-state index contributed by atoms with van der Waals surface area (Å²) in [5.41, 5.74) is 12.7. The molecule has 0 N–H and O–H groups in total. The fourth-order valence-corrected chi connectivity index (χ4v) is 7.06. The largest absolute Gasteiger partial charge is 0.341 e. The molecule has 2 heteroatoms. The van der Waals surface area contributed by atoms with Crippen molar-refractivity contribution < 1.29 is 0 Å². The smallest absolute Gasteiger partial charge is 0.0491 e. The Morgan fingerprint density at radius 2 is 0.714 bits per heavy atom. The van der Waals surface area contributed by atoms with Gasteiger partial charge in [-0.25, -0.2) is 0 Å². The van der Waals surface area contributed by atoms with Gasteiger partial charge in [-0.2, -0.15) is 0 Å². The van der Waals surface area contributed by atoms with E-state index in [4.69, 9.17) is 0 Å². The molecular weight excluding hydrogens is 508 g/mol. The maximum absolute atomic E-state index is 2.42. The van der Waals surface area contributed by atoms with Gasteiger partial charge < -0.3 is 9.13 Å². The van der Waals surface area contributed by atoms with Crippen LogP contribution in [0.5, 0.6) is 0 Å². The van der Waals surface area contributed by atoms with Crippen LogP contribution in [0.25, 0.3) is 77.0 Å². The minimum Gasteiger partial charge on any atom is -0.341 e. The second-order valence-electron chi connectivity index (χ2n) is 11.1. The first kappa shape index (κ1) is 24.7. The highest BCUT2D eigenvalue weighted by molar-refractivity contribution is 6.11. The van der Waals surface area contributed by atoms with E-state index < -0.39 is 0 Å². The van der Waals surface area contributed by atoms with Crippen LogP contribution in [0.1, 0.15) is 13.8 Å². The zero-order valence-electron chi connectivity index (χ0n) is 24.0. The van der Waals surface area contributed by atoms with Crippen molar-refractivity contribution in [2.75, 3.05) is 0 Å². The van der Waals surface area contributed by atoms with Gasteiger partial charge >= 0.3 is 0 Å². The molecule has 6 aromatic carbocycles. The Balaban J connectivity index is 1.32. The van der Waals surface area contributed by atoms with Gasteiger partial charge in [0, 0.05) is 56.7 Å². The van der Waals surface area contributed by atoms with Gasteiger partial charge in [-0.05, 0) is 83.6 Å². The molecule has 42 heavy (non-hydrogen) atoms. The average Bonchev–Trinajstić information content (AvgIpc) is 3.56. The minimum atomic E-state index is 0.953. The SMILES string of the molecule is CCn1c2ccccc2c2cc(-c3ccccc3-c3ccccc3-c3ccc4c(c3)c3ccccc3n4CC)ccc21. The van der Waals surface area contributed by atoms with Crippen molar-refractivity contribution in [2.24, 2.45) is 0 Å². The fourth-order valence-electron chi connectivity index (χ4n) is 7.06. The summed E-state index contributed by atoms with van der Waals surface area (Å²) in [6.45, 7) is 6.36. The molecule has 2 heterocycles. The molecule has 0 fully saturated rings. The molecule has 8 aromatic rings. The maximum atomic E-state index is 2.42. The van der Waals surface area contributed by atoms with Crippen molar-refractivity contribution in [3.63, 3.8) is 0 Å². The Morgan fingerprint density at radius 1 is 0.357 bits per heavy atom. The molecule has 0 bridgehead atoms. The lowest BCUT2D eigenvalue weighted by Crippen LogP contribution is -1.93. The van der Waals surface area contributed by atoms with E-state index in [0.717, 1.165) is 13.1 Å². The van der Waals surface area contributed by atoms with E-state index in [1.165, 1.54) is 77.0 Å². The number of para-hydroxylation sites is 2. The van der Waals surface area contributed by atoms with E-state index in [0.29, 0.717) is 0 Å². The maximum Gasteiger partial charge on any atom is 0.0491 e. The predicted molar refractivity (Wildman–Crippen MR) is 180 cm³/mol. The molecule has 0 unspecified atom stereocenters. The third kappa shape index (κ3) is 3.65. The van der Waals surface area contributed by atoms with Gasteiger partial charge in [0.2, 0.25) is 0 Å². The number of rotatable bonds is 5. The number of aromatic nitrogens is 2. The lowest BCUT2D eigenvalue weighted by Gasteiger charge is -2.15. The van der Waals surface area contributed by atoms with Gasteiger partial charge in [0.15, 0.2) is 0 Å². The van der Waals surface area contributed by atoms with Crippen LogP contribution in [0.15, 0.2) is 133 Å². The molecule has 0 saturated heterocycles. The highest BCUT2D eigenvalue weighted by Crippen LogP contribution is 2.41. The molecule has 202 valence electrons. The summed E-state index contributed by atoms with van der Waals surface area (Å²) in [7, 11) is 0. The Kier molecular flexibility index (Phi) is 5.75. The standard InChI is InChI=1S/C40H32N2/c1-3-41-37-19-11-9-17-33(37)35-25-27(21-23-39(35)41)29-13-5-7-15-31(29)32-16-8-6-14-30(32)28-22-24-40-36(26-28)34-18-10-12-20-38(34)42(40)4-2/h5-26H,3-4H2,1-2H3. The molecule has 0 atom stereocenters. The summed E-state index contributed by atoms with van der Waals surface area (Å²) in [5.74, 6) is 0. The Labute approximate surface area is 246 Å². The number of hydrogen-bond donors (Lipinski definition) is 0. The highest BCUT2D eigenvalue weighted by Gasteiger charge is 2.16. The zero-order valence-corrected chi connectivity index (χ0v) is 24.0. The Morgan fingerprint density at radius 3 is 1.14 bits per heavy atom. The highest BCUT2D eigenvalue weighted by atomic mass is 15.0. The molecule has 0 aliphatic rings. The van der Waals surface area contributed by atoms with Crippen LogP contribution in [0, 0.1) is 0 Å². The number of benzene rings is 6. The second-order valence-corrected chi connectivity index (χ2v) is 11.1. The second kappa shape index (κ2) is 9.78. The molecule has 8 rings (SSSR count). The normalized spacial score (nSPS) is 11.8. The van der Waals surface area contributed by atoms with Gasteiger partial charge in [0.1, 0.15) is 0 Å². The van der Waals surface area contributed by atoms with Crippen LogP contribution < -0.4 is 0 Å². The lowest BCUT2D eigenvalue weighted by molar-refractivity contribution is 0.827. The van der Waals surface area contributed by atoms with Crippen molar-refractivity contribution in [2.45, 2.75) is 26.9 Å². The van der Waals surface area contributed by atoms with Crippen molar-refractivity contribution in [3.8, 4) is 33.4 Å². The van der Waals surface area contributed by atoms with E-state index in [1.807, 2.05) is 0 Å². The molecular formula is C40H32N2. The topological polar surface area (TPSA) is 9.86 Å². The summed E-state index contributed by atoms with van der Waals surface area (Å²) in [6.07, 6.45) is 0. The zero-order chi connectivity index (χ0) is 28.2. The van der Waals surface area contributed by atoms with Crippen LogP contribution in [0.4, 0.5) is 0 Å². The first-order chi connectivity index (χ1) is 20.8. The van der Waals surface area contributed by atoms with Crippen LogP contribution in [0.2, 0.25) is 0 Å². The Bertz CT molecular complexity index is 2110. The Hall–Kier alpha value is -5.08. The number of aryl methyl sites for hydroxylation is 2. The molecule has 0 aliphatic heterocycles. The monoisotopic (exact) mass is 540 g/mol. The molecule has 0 amide bonds. The van der Waals surface area contributed by atoms with Gasteiger partial charge in [-0.15, -0.1) is 0 Å². The van der Waals surface area contributed by atoms with E-state index in [1.54, 1.807) is 0 Å². The first-order valence-corrected chi connectivity index (χ1v) is 15.0. The number of fused-ring (bicyclic) bond motifs is 6. The summed E-state index contributed by atoms with van der Waals surface area (Å²) in [6, 6.07) is 49.2. The quantitative estimate of drug-likeness (QED) is 0.205. The summed E-state index contributed by atoms with van der Waals surface area (Å²) >= 11 is 0. The minimum absolute atomic E-state index is 0.953. The number of hydrogen-bond acceptors (Lipinski definition) is 0. The summed E-state index contributed by atoms with van der Waals surface area (Å²) < 4.78 is 4.84. The van der Waals surface area contributed by atoms with E-state index in [-0.39, 0.29) is 0 Å². The first-order valence-electron chi connectivity index (χ1n) is 15.0. The van der Waals surface area contributed by atoms with Gasteiger partial charge in [0.05, 0.1) is 0 Å². The molecule has 2 aromatic heterocycles. The van der Waals surface area contributed by atoms with E-state index in [9.17, 15) is 0 Å². The van der Waals surface area contributed by atoms with Crippen molar-refractivity contribution in [1.82, 2.24) is 9.13 Å². The average molecular weight is 541 g/mol. The van der Waals surface area contributed by atoms with Crippen molar-refractivity contribution >= 4 is 43.6 Å². The summed E-state index contributed by atoms with van der Waals surface area (Å²) in [4.78, 5) is 0. The predicted octanol–water partition coefficient (Wildman–Crippen LogP) is 10.9. The van der Waals surface area contributed by atoms with Gasteiger partial charge in [-0.3, -0.25) is 0 Å². The lowest BCUT2D eigenvalue weighted by atomic mass is 9.89. The van der Waals surface area contributed by atoms with Gasteiger partial charge in [0.25, 0.3) is 0 Å². The summed E-state index contributed by atoms with van der Waals surface area (Å²) in [5, 5.41) is 5.25. The van der Waals surface area contributed by atoms with E-state index in [2.05, 4.69) is 156 Å². The molecule has 0 aliphatic carbocycles. The number of nitrogens with zero attached hydrogens (tertiary/aromatic N) is 2. The molecule has 0 saturated carbocycles. The van der Waals surface area contributed by atoms with Crippen LogP contribution >= 0.6 is 0 Å². The third-order valence-corrected chi connectivity index (χ3v) is 8.94. The van der Waals surface area contributed by atoms with Crippen LogP contribution in [0.3, 0.4) is 0 Å². The van der Waals surface area contributed by atoms with E-state index >= 15 is 0 Å². The molecule has 2 nitrogen and oxygen atoms in total. The molecule has 0 spiro atoms. The van der Waals surface area contributed by atoms with Crippen molar-refractivity contribution in [3.05, 3.63) is 133 Å². The third-order valence-electron chi connectivity index (χ3n) is 8.94.